The minimum atomic E-state index is -1.29. The van der Waals surface area contributed by atoms with E-state index in [1.807, 2.05) is 6.92 Å². The molecule has 0 bridgehead atoms. The minimum Gasteiger partial charge on any atom is -0.419 e. The number of carbonyl (C=O) groups excluding carboxylic acids is 3. The van der Waals surface area contributed by atoms with Crippen molar-refractivity contribution in [1.29, 1.82) is 0 Å². The van der Waals surface area contributed by atoms with Crippen LogP contribution in [0.25, 0.3) is 0 Å². The van der Waals surface area contributed by atoms with E-state index in [1.165, 1.54) is 20.0 Å². The first-order valence-corrected chi connectivity index (χ1v) is 7.64. The van der Waals surface area contributed by atoms with Crippen LogP contribution in [0.4, 0.5) is 5.69 Å². The maximum absolute atomic E-state index is 12.1. The van der Waals surface area contributed by atoms with Crippen LogP contribution in [0.1, 0.15) is 37.6 Å². The highest BCUT2D eigenvalue weighted by Gasteiger charge is 2.38. The Morgan fingerprint density at radius 2 is 1.79 bits per heavy atom. The molecule has 1 aliphatic rings. The highest BCUT2D eigenvalue weighted by molar-refractivity contribution is 6.15. The van der Waals surface area contributed by atoms with E-state index in [0.717, 1.165) is 6.42 Å². The molecule has 2 rings (SSSR count). The lowest BCUT2D eigenvalue weighted by atomic mass is 10.1. The zero-order chi connectivity index (χ0) is 17.7. The van der Waals surface area contributed by atoms with Gasteiger partial charge in [0, 0.05) is 26.6 Å². The van der Waals surface area contributed by atoms with Crippen molar-refractivity contribution in [3.63, 3.8) is 0 Å². The number of hydrogen-bond donors (Lipinski definition) is 2. The first-order valence-electron chi connectivity index (χ1n) is 7.64. The maximum atomic E-state index is 12.1. The lowest BCUT2D eigenvalue weighted by molar-refractivity contribution is -0.222. The summed E-state index contributed by atoms with van der Waals surface area (Å²) in [6.07, 6.45) is 2.00. The Bertz CT molecular complexity index is 672. The summed E-state index contributed by atoms with van der Waals surface area (Å²) in [5.74, 6) is -3.09. The number of rotatable bonds is 5. The summed E-state index contributed by atoms with van der Waals surface area (Å²) in [6, 6.07) is 6.77. The van der Waals surface area contributed by atoms with Crippen LogP contribution in [0.2, 0.25) is 0 Å². The molecule has 1 aromatic rings. The third-order valence-electron chi connectivity index (χ3n) is 3.20. The SMILES string of the molecule is CCCNC(=O)c1ccccc1NC=C1C(=O)OC(C)(C)OC1=O. The van der Waals surface area contributed by atoms with E-state index in [1.54, 1.807) is 24.3 Å². The summed E-state index contributed by atoms with van der Waals surface area (Å²) in [5, 5.41) is 5.58. The quantitative estimate of drug-likeness (QED) is 0.486. The molecule has 1 aromatic carbocycles. The lowest BCUT2D eigenvalue weighted by Gasteiger charge is -2.29. The monoisotopic (exact) mass is 332 g/mol. The van der Waals surface area contributed by atoms with Gasteiger partial charge >= 0.3 is 11.9 Å². The third-order valence-corrected chi connectivity index (χ3v) is 3.20. The van der Waals surface area contributed by atoms with Crippen LogP contribution < -0.4 is 10.6 Å². The van der Waals surface area contributed by atoms with Crippen molar-refractivity contribution in [2.24, 2.45) is 0 Å². The van der Waals surface area contributed by atoms with E-state index >= 15 is 0 Å². The highest BCUT2D eigenvalue weighted by Crippen LogP contribution is 2.23. The third kappa shape index (κ3) is 4.13. The molecule has 0 saturated carbocycles. The van der Waals surface area contributed by atoms with Crippen molar-refractivity contribution in [3.8, 4) is 0 Å². The van der Waals surface area contributed by atoms with E-state index in [-0.39, 0.29) is 11.5 Å². The summed E-state index contributed by atoms with van der Waals surface area (Å²) in [4.78, 5) is 35.9. The zero-order valence-electron chi connectivity index (χ0n) is 13.8. The molecule has 0 aliphatic carbocycles. The number of esters is 2. The predicted octanol–water partition coefficient (Wildman–Crippen LogP) is 1.96. The molecule has 1 aliphatic heterocycles. The molecule has 7 heteroatoms. The second-order valence-electron chi connectivity index (χ2n) is 5.68. The van der Waals surface area contributed by atoms with E-state index in [9.17, 15) is 14.4 Å². The van der Waals surface area contributed by atoms with E-state index in [2.05, 4.69) is 10.6 Å². The van der Waals surface area contributed by atoms with Crippen LogP contribution in [0.3, 0.4) is 0 Å². The number of hydrogen-bond acceptors (Lipinski definition) is 6. The van der Waals surface area contributed by atoms with Crippen molar-refractivity contribution in [2.45, 2.75) is 33.0 Å². The molecule has 2 N–H and O–H groups in total. The van der Waals surface area contributed by atoms with Gasteiger partial charge in [0.15, 0.2) is 5.57 Å². The number of nitrogens with one attached hydrogen (secondary N) is 2. The Labute approximate surface area is 140 Å². The predicted molar refractivity (Wildman–Crippen MR) is 87.0 cm³/mol. The van der Waals surface area contributed by atoms with Gasteiger partial charge < -0.3 is 20.1 Å². The van der Waals surface area contributed by atoms with Crippen LogP contribution in [0, 0.1) is 0 Å². The molecule has 0 spiro atoms. The number of amides is 1. The van der Waals surface area contributed by atoms with Gasteiger partial charge in [0.1, 0.15) is 0 Å². The van der Waals surface area contributed by atoms with Crippen molar-refractivity contribution in [1.82, 2.24) is 5.32 Å². The van der Waals surface area contributed by atoms with Gasteiger partial charge in [-0.15, -0.1) is 0 Å². The second kappa shape index (κ2) is 7.16. The molecule has 1 amide bonds. The summed E-state index contributed by atoms with van der Waals surface area (Å²) in [7, 11) is 0. The number of carbonyl (C=O) groups is 3. The largest absolute Gasteiger partial charge is 0.419 e. The molecule has 24 heavy (non-hydrogen) atoms. The first-order chi connectivity index (χ1) is 11.3. The number of para-hydroxylation sites is 1. The van der Waals surface area contributed by atoms with Crippen LogP contribution in [0.5, 0.6) is 0 Å². The molecule has 0 aromatic heterocycles. The second-order valence-corrected chi connectivity index (χ2v) is 5.68. The fraction of sp³-hybridized carbons (Fsp3) is 0.353. The van der Waals surface area contributed by atoms with E-state index < -0.39 is 17.7 Å². The van der Waals surface area contributed by atoms with Crippen molar-refractivity contribution in [3.05, 3.63) is 41.6 Å². The van der Waals surface area contributed by atoms with E-state index in [4.69, 9.17) is 9.47 Å². The van der Waals surface area contributed by atoms with Gasteiger partial charge in [-0.2, -0.15) is 0 Å². The van der Waals surface area contributed by atoms with Crippen molar-refractivity contribution >= 4 is 23.5 Å². The zero-order valence-corrected chi connectivity index (χ0v) is 13.8. The Hall–Kier alpha value is -2.83. The molecule has 128 valence electrons. The van der Waals surface area contributed by atoms with Gasteiger partial charge in [-0.05, 0) is 18.6 Å². The van der Waals surface area contributed by atoms with Gasteiger partial charge in [-0.1, -0.05) is 19.1 Å². The molecule has 1 saturated heterocycles. The van der Waals surface area contributed by atoms with Crippen molar-refractivity contribution < 1.29 is 23.9 Å². The first kappa shape index (κ1) is 17.5. The Morgan fingerprint density at radius 3 is 2.42 bits per heavy atom. The highest BCUT2D eigenvalue weighted by atomic mass is 16.7. The smallest absolute Gasteiger partial charge is 0.350 e. The van der Waals surface area contributed by atoms with Gasteiger partial charge in [-0.25, -0.2) is 9.59 Å². The average Bonchev–Trinajstić information content (AvgIpc) is 2.51. The Kier molecular flexibility index (Phi) is 5.23. The summed E-state index contributed by atoms with van der Waals surface area (Å²) in [5.41, 5.74) is 0.600. The fourth-order valence-corrected chi connectivity index (χ4v) is 2.07. The fourth-order valence-electron chi connectivity index (χ4n) is 2.07. The number of anilines is 1. The van der Waals surface area contributed by atoms with E-state index in [0.29, 0.717) is 17.8 Å². The molecule has 0 atom stereocenters. The molecule has 0 radical (unpaired) electrons. The Balaban J connectivity index is 2.19. The number of ether oxygens (including phenoxy) is 2. The summed E-state index contributed by atoms with van der Waals surface area (Å²) >= 11 is 0. The summed E-state index contributed by atoms with van der Waals surface area (Å²) < 4.78 is 10.0. The maximum Gasteiger partial charge on any atom is 0.350 e. The van der Waals surface area contributed by atoms with Gasteiger partial charge in [0.05, 0.1) is 11.3 Å². The van der Waals surface area contributed by atoms with Crippen LogP contribution >= 0.6 is 0 Å². The molecule has 1 fully saturated rings. The standard InChI is InChI=1S/C17H20N2O5/c1-4-9-18-14(20)11-7-5-6-8-13(11)19-10-12-15(21)23-17(2,3)24-16(12)22/h5-8,10,19H,4,9H2,1-3H3,(H,18,20). The normalized spacial score (nSPS) is 16.0. The van der Waals surface area contributed by atoms with Crippen LogP contribution in [-0.2, 0) is 19.1 Å². The van der Waals surface area contributed by atoms with Gasteiger partial charge in [-0.3, -0.25) is 4.79 Å². The molecular weight excluding hydrogens is 312 g/mol. The van der Waals surface area contributed by atoms with Crippen LogP contribution in [-0.4, -0.2) is 30.2 Å². The minimum absolute atomic E-state index is 0.242. The number of benzene rings is 1. The number of cyclic esters (lactones) is 2. The van der Waals surface area contributed by atoms with Gasteiger partial charge in [0.25, 0.3) is 11.7 Å². The molecule has 1 heterocycles. The topological polar surface area (TPSA) is 93.7 Å². The summed E-state index contributed by atoms with van der Waals surface area (Å²) in [6.45, 7) is 5.46. The lowest BCUT2D eigenvalue weighted by Crippen LogP contribution is -2.42. The average molecular weight is 332 g/mol. The Morgan fingerprint density at radius 1 is 1.17 bits per heavy atom. The molecule has 0 unspecified atom stereocenters. The van der Waals surface area contributed by atoms with Crippen LogP contribution in [0.15, 0.2) is 36.0 Å². The molecule has 7 nitrogen and oxygen atoms in total. The van der Waals surface area contributed by atoms with Crippen molar-refractivity contribution in [2.75, 3.05) is 11.9 Å². The van der Waals surface area contributed by atoms with Gasteiger partial charge in [0.2, 0.25) is 0 Å². The molecular formula is C17H20N2O5.